The molecule has 0 aliphatic rings. The Labute approximate surface area is 113 Å². The standard InChI is InChI=1S/C12H29N3O2S/c1-6-12(7-2)14-18(16,17)15(5)10-8-9-13-11(3)4/h11-14H,6-10H2,1-5H3. The zero-order chi connectivity index (χ0) is 14.2. The lowest BCUT2D eigenvalue weighted by Gasteiger charge is -2.22. The highest BCUT2D eigenvalue weighted by atomic mass is 32.2. The summed E-state index contributed by atoms with van der Waals surface area (Å²) in [6, 6.07) is 0.473. The number of hydrogen-bond acceptors (Lipinski definition) is 3. The third kappa shape index (κ3) is 7.31. The van der Waals surface area contributed by atoms with Gasteiger partial charge in [-0.1, -0.05) is 27.7 Å². The van der Waals surface area contributed by atoms with Gasteiger partial charge in [0, 0.05) is 25.7 Å². The first-order chi connectivity index (χ1) is 8.33. The molecule has 0 aliphatic carbocycles. The molecule has 5 nitrogen and oxygen atoms in total. The Morgan fingerprint density at radius 3 is 2.17 bits per heavy atom. The molecule has 0 atom stereocenters. The molecule has 0 unspecified atom stereocenters. The minimum absolute atomic E-state index is 0.0336. The Hall–Kier alpha value is -0.170. The fourth-order valence-corrected chi connectivity index (χ4v) is 2.87. The van der Waals surface area contributed by atoms with Gasteiger partial charge in [0.1, 0.15) is 0 Å². The monoisotopic (exact) mass is 279 g/mol. The third-order valence-electron chi connectivity index (χ3n) is 2.91. The van der Waals surface area contributed by atoms with E-state index < -0.39 is 10.2 Å². The first-order valence-corrected chi connectivity index (χ1v) is 8.24. The van der Waals surface area contributed by atoms with Crippen LogP contribution in [0.15, 0.2) is 0 Å². The van der Waals surface area contributed by atoms with E-state index in [-0.39, 0.29) is 6.04 Å². The summed E-state index contributed by atoms with van der Waals surface area (Å²) in [5, 5.41) is 3.27. The average molecular weight is 279 g/mol. The SMILES string of the molecule is CCC(CC)NS(=O)(=O)N(C)CCCNC(C)C. The van der Waals surface area contributed by atoms with Gasteiger partial charge in [-0.25, -0.2) is 0 Å². The van der Waals surface area contributed by atoms with Crippen LogP contribution in [0.4, 0.5) is 0 Å². The van der Waals surface area contributed by atoms with E-state index in [1.54, 1.807) is 7.05 Å². The third-order valence-corrected chi connectivity index (χ3v) is 4.55. The average Bonchev–Trinajstić information content (AvgIpc) is 2.31. The topological polar surface area (TPSA) is 61.4 Å². The molecule has 18 heavy (non-hydrogen) atoms. The highest BCUT2D eigenvalue weighted by Gasteiger charge is 2.19. The molecule has 0 fully saturated rings. The van der Waals surface area contributed by atoms with Crippen molar-refractivity contribution in [3.63, 3.8) is 0 Å². The summed E-state index contributed by atoms with van der Waals surface area (Å²) in [4.78, 5) is 0. The van der Waals surface area contributed by atoms with Gasteiger partial charge >= 0.3 is 0 Å². The summed E-state index contributed by atoms with van der Waals surface area (Å²) in [5.74, 6) is 0. The van der Waals surface area contributed by atoms with Crippen molar-refractivity contribution in [2.45, 2.75) is 59.0 Å². The summed E-state index contributed by atoms with van der Waals surface area (Å²) in [6.07, 6.45) is 2.45. The molecule has 0 saturated heterocycles. The van der Waals surface area contributed by atoms with Gasteiger partial charge in [-0.15, -0.1) is 0 Å². The normalized spacial score (nSPS) is 12.9. The van der Waals surface area contributed by atoms with Gasteiger partial charge in [-0.3, -0.25) is 0 Å². The van der Waals surface area contributed by atoms with Gasteiger partial charge in [0.05, 0.1) is 0 Å². The molecule has 0 aromatic rings. The van der Waals surface area contributed by atoms with Crippen LogP contribution in [0.25, 0.3) is 0 Å². The molecule has 0 radical (unpaired) electrons. The summed E-state index contributed by atoms with van der Waals surface area (Å²) >= 11 is 0. The van der Waals surface area contributed by atoms with Crippen LogP contribution < -0.4 is 10.0 Å². The van der Waals surface area contributed by atoms with E-state index in [9.17, 15) is 8.42 Å². The van der Waals surface area contributed by atoms with E-state index >= 15 is 0 Å². The Balaban J connectivity index is 4.10. The summed E-state index contributed by atoms with van der Waals surface area (Å²) in [5.41, 5.74) is 0. The van der Waals surface area contributed by atoms with Crippen LogP contribution >= 0.6 is 0 Å². The van der Waals surface area contributed by atoms with E-state index in [2.05, 4.69) is 23.9 Å². The van der Waals surface area contributed by atoms with Crippen molar-refractivity contribution in [3.8, 4) is 0 Å². The summed E-state index contributed by atoms with van der Waals surface area (Å²) < 4.78 is 28.1. The van der Waals surface area contributed by atoms with Crippen molar-refractivity contribution in [1.82, 2.24) is 14.3 Å². The Morgan fingerprint density at radius 1 is 1.17 bits per heavy atom. The Kier molecular flexibility index (Phi) is 8.77. The second-order valence-corrected chi connectivity index (χ2v) is 6.73. The fraction of sp³-hybridized carbons (Fsp3) is 1.00. The molecule has 2 N–H and O–H groups in total. The zero-order valence-corrected chi connectivity index (χ0v) is 13.2. The molecule has 0 bridgehead atoms. The molecular weight excluding hydrogens is 250 g/mol. The van der Waals surface area contributed by atoms with Crippen LogP contribution in [0.3, 0.4) is 0 Å². The molecule has 0 spiro atoms. The Morgan fingerprint density at radius 2 is 1.72 bits per heavy atom. The molecule has 0 aliphatic heterocycles. The highest BCUT2D eigenvalue weighted by Crippen LogP contribution is 2.02. The van der Waals surface area contributed by atoms with E-state index in [4.69, 9.17) is 0 Å². The van der Waals surface area contributed by atoms with Gasteiger partial charge in [0.2, 0.25) is 0 Å². The molecule has 6 heteroatoms. The summed E-state index contributed by atoms with van der Waals surface area (Å²) in [7, 11) is -1.70. The van der Waals surface area contributed by atoms with Crippen molar-refractivity contribution in [2.75, 3.05) is 20.1 Å². The second-order valence-electron chi connectivity index (χ2n) is 4.92. The predicted molar refractivity (Wildman–Crippen MR) is 76.8 cm³/mol. The lowest BCUT2D eigenvalue weighted by molar-refractivity contribution is 0.426. The van der Waals surface area contributed by atoms with Crippen LogP contribution in [-0.4, -0.2) is 44.9 Å². The van der Waals surface area contributed by atoms with Crippen molar-refractivity contribution in [3.05, 3.63) is 0 Å². The molecule has 0 heterocycles. The van der Waals surface area contributed by atoms with Crippen LogP contribution in [0.2, 0.25) is 0 Å². The molecule has 0 saturated carbocycles. The van der Waals surface area contributed by atoms with Gasteiger partial charge in [0.15, 0.2) is 0 Å². The maximum Gasteiger partial charge on any atom is 0.279 e. The van der Waals surface area contributed by atoms with Gasteiger partial charge in [0.25, 0.3) is 10.2 Å². The van der Waals surface area contributed by atoms with E-state index in [0.717, 1.165) is 25.8 Å². The lowest BCUT2D eigenvalue weighted by atomic mass is 10.2. The van der Waals surface area contributed by atoms with E-state index in [0.29, 0.717) is 12.6 Å². The molecule has 110 valence electrons. The number of rotatable bonds is 10. The second kappa shape index (κ2) is 8.85. The maximum atomic E-state index is 12.0. The first kappa shape index (κ1) is 17.8. The van der Waals surface area contributed by atoms with Crippen LogP contribution in [0, 0.1) is 0 Å². The molecular formula is C12H29N3O2S. The number of hydrogen-bond donors (Lipinski definition) is 2. The maximum absolute atomic E-state index is 12.0. The largest absolute Gasteiger partial charge is 0.314 e. The van der Waals surface area contributed by atoms with Gasteiger partial charge < -0.3 is 5.32 Å². The molecule has 0 amide bonds. The number of nitrogens with one attached hydrogen (secondary N) is 2. The van der Waals surface area contributed by atoms with Crippen LogP contribution in [0.1, 0.15) is 47.0 Å². The van der Waals surface area contributed by atoms with E-state index in [1.807, 2.05) is 13.8 Å². The zero-order valence-electron chi connectivity index (χ0n) is 12.4. The van der Waals surface area contributed by atoms with Crippen molar-refractivity contribution in [2.24, 2.45) is 0 Å². The lowest BCUT2D eigenvalue weighted by Crippen LogP contribution is -2.44. The smallest absolute Gasteiger partial charge is 0.279 e. The van der Waals surface area contributed by atoms with Gasteiger partial charge in [-0.05, 0) is 25.8 Å². The minimum Gasteiger partial charge on any atom is -0.314 e. The first-order valence-electron chi connectivity index (χ1n) is 6.80. The molecule has 0 rings (SSSR count). The summed E-state index contributed by atoms with van der Waals surface area (Å²) in [6.45, 7) is 9.51. The van der Waals surface area contributed by atoms with Crippen LogP contribution in [-0.2, 0) is 10.2 Å². The van der Waals surface area contributed by atoms with Gasteiger partial charge in [-0.2, -0.15) is 17.4 Å². The van der Waals surface area contributed by atoms with Crippen LogP contribution in [0.5, 0.6) is 0 Å². The van der Waals surface area contributed by atoms with E-state index in [1.165, 1.54) is 4.31 Å². The van der Waals surface area contributed by atoms with Crippen molar-refractivity contribution >= 4 is 10.2 Å². The van der Waals surface area contributed by atoms with Crippen molar-refractivity contribution in [1.29, 1.82) is 0 Å². The quantitative estimate of drug-likeness (QED) is 0.593. The predicted octanol–water partition coefficient (Wildman–Crippen LogP) is 1.33. The number of nitrogens with zero attached hydrogens (tertiary/aromatic N) is 1. The minimum atomic E-state index is -3.33. The molecule has 0 aromatic carbocycles. The molecule has 0 aromatic heterocycles. The fourth-order valence-electron chi connectivity index (χ4n) is 1.57. The highest BCUT2D eigenvalue weighted by molar-refractivity contribution is 7.87. The van der Waals surface area contributed by atoms with Crippen molar-refractivity contribution < 1.29 is 8.42 Å². The Bertz CT molecular complexity index is 300.